The van der Waals surface area contributed by atoms with Gasteiger partial charge in [-0.3, -0.25) is 4.79 Å². The number of likely N-dealkylation sites (N-methyl/N-ethyl adjacent to an activating group) is 1. The predicted octanol–water partition coefficient (Wildman–Crippen LogP) is -0.392. The Morgan fingerprint density at radius 1 is 1.47 bits per heavy atom. The molecule has 0 aromatic carbocycles. The van der Waals surface area contributed by atoms with Gasteiger partial charge in [0.05, 0.1) is 12.0 Å². The zero-order valence-electron chi connectivity index (χ0n) is 10.6. The standard InChI is InChI=1S/C9H20N3O5/c1-9(2,3)8(14)16-7-17-10-12(15)11(4)5-6-13/h10,13H,5-7H2,1-4H3/q-1. The van der Waals surface area contributed by atoms with Crippen molar-refractivity contribution in [3.05, 3.63) is 5.21 Å². The fraction of sp³-hybridized carbons (Fsp3) is 0.889. The smallest absolute Gasteiger partial charge is 0.313 e. The van der Waals surface area contributed by atoms with E-state index in [4.69, 9.17) is 9.84 Å². The molecule has 0 saturated heterocycles. The molecule has 2 N–H and O–H groups in total. The van der Waals surface area contributed by atoms with E-state index < -0.39 is 11.4 Å². The van der Waals surface area contributed by atoms with Crippen LogP contribution in [0.2, 0.25) is 0 Å². The summed E-state index contributed by atoms with van der Waals surface area (Å²) in [5.41, 5.74) is 1.37. The zero-order valence-corrected chi connectivity index (χ0v) is 10.6. The molecule has 0 aromatic heterocycles. The van der Waals surface area contributed by atoms with E-state index >= 15 is 0 Å². The van der Waals surface area contributed by atoms with E-state index in [9.17, 15) is 10.0 Å². The van der Waals surface area contributed by atoms with E-state index in [-0.39, 0.29) is 25.2 Å². The number of hydrogen-bond acceptors (Lipinski definition) is 8. The summed E-state index contributed by atoms with van der Waals surface area (Å²) in [4.78, 5) is 15.9. The maximum atomic E-state index is 11.3. The molecule has 0 atom stereocenters. The highest BCUT2D eigenvalue weighted by atomic mass is 16.8. The minimum Gasteiger partial charge on any atom is -0.756 e. The van der Waals surface area contributed by atoms with Crippen molar-refractivity contribution in [3.8, 4) is 0 Å². The molecule has 0 fully saturated rings. The van der Waals surface area contributed by atoms with E-state index in [0.29, 0.717) is 0 Å². The van der Waals surface area contributed by atoms with Gasteiger partial charge in [0.15, 0.2) is 0 Å². The zero-order chi connectivity index (χ0) is 13.5. The highest BCUT2D eigenvalue weighted by Crippen LogP contribution is 2.14. The fourth-order valence-corrected chi connectivity index (χ4v) is 0.686. The van der Waals surface area contributed by atoms with Gasteiger partial charge in [0.2, 0.25) is 6.79 Å². The van der Waals surface area contributed by atoms with Gasteiger partial charge in [-0.1, -0.05) is 0 Å². The molecule has 0 bridgehead atoms. The van der Waals surface area contributed by atoms with Crippen molar-refractivity contribution >= 4 is 5.97 Å². The summed E-state index contributed by atoms with van der Waals surface area (Å²) in [5, 5.41) is 21.1. The molecule has 8 nitrogen and oxygen atoms in total. The molecule has 17 heavy (non-hydrogen) atoms. The van der Waals surface area contributed by atoms with Crippen molar-refractivity contribution in [3.63, 3.8) is 0 Å². The van der Waals surface area contributed by atoms with Gasteiger partial charge in [-0.2, -0.15) is 0 Å². The lowest BCUT2D eigenvalue weighted by Crippen LogP contribution is -2.46. The molecule has 8 heteroatoms. The van der Waals surface area contributed by atoms with Gasteiger partial charge in [0.25, 0.3) is 0 Å². The number of esters is 1. The highest BCUT2D eigenvalue weighted by Gasteiger charge is 2.22. The molecule has 0 aliphatic heterocycles. The largest absolute Gasteiger partial charge is 0.756 e. The van der Waals surface area contributed by atoms with Gasteiger partial charge in [0.1, 0.15) is 0 Å². The number of hydrazine groups is 2. The normalized spacial score (nSPS) is 12.2. The van der Waals surface area contributed by atoms with Crippen LogP contribution in [0.5, 0.6) is 0 Å². The first kappa shape index (κ1) is 16.2. The fourth-order valence-electron chi connectivity index (χ4n) is 0.686. The minimum atomic E-state index is -0.617. The van der Waals surface area contributed by atoms with Gasteiger partial charge in [-0.15, -0.1) is 5.59 Å². The van der Waals surface area contributed by atoms with Gasteiger partial charge in [0, 0.05) is 13.6 Å². The lowest BCUT2D eigenvalue weighted by atomic mass is 9.98. The van der Waals surface area contributed by atoms with Crippen molar-refractivity contribution in [2.24, 2.45) is 5.41 Å². The van der Waals surface area contributed by atoms with E-state index in [1.54, 1.807) is 20.8 Å². The second-order valence-corrected chi connectivity index (χ2v) is 4.41. The van der Waals surface area contributed by atoms with Gasteiger partial charge < -0.3 is 15.1 Å². The Hall–Kier alpha value is -0.770. The van der Waals surface area contributed by atoms with Crippen molar-refractivity contribution in [1.82, 2.24) is 15.9 Å². The molecule has 0 aliphatic rings. The first-order valence-electron chi connectivity index (χ1n) is 5.13. The summed E-state index contributed by atoms with van der Waals surface area (Å²) in [6, 6.07) is 0. The molecule has 0 unspecified atom stereocenters. The summed E-state index contributed by atoms with van der Waals surface area (Å²) in [7, 11) is 1.46. The third kappa shape index (κ3) is 7.21. The van der Waals surface area contributed by atoms with Crippen molar-refractivity contribution in [2.75, 3.05) is 27.0 Å². The molecule has 0 amide bonds. The summed E-state index contributed by atoms with van der Waals surface area (Å²) >= 11 is 0. The lowest BCUT2D eigenvalue weighted by Gasteiger charge is -2.35. The van der Waals surface area contributed by atoms with Gasteiger partial charge in [-0.05, 0) is 20.8 Å². The summed E-state index contributed by atoms with van der Waals surface area (Å²) < 4.78 is 4.74. The van der Waals surface area contributed by atoms with Crippen molar-refractivity contribution in [1.29, 1.82) is 0 Å². The van der Waals surface area contributed by atoms with E-state index in [1.807, 2.05) is 5.59 Å². The van der Waals surface area contributed by atoms with Crippen molar-refractivity contribution in [2.45, 2.75) is 20.8 Å². The Bertz CT molecular complexity index is 231. The Morgan fingerprint density at radius 2 is 2.06 bits per heavy atom. The molecule has 0 aromatic rings. The lowest BCUT2D eigenvalue weighted by molar-refractivity contribution is -0.207. The van der Waals surface area contributed by atoms with E-state index in [1.165, 1.54) is 7.05 Å². The minimum absolute atomic E-state index is 0.154. The first-order chi connectivity index (χ1) is 7.79. The number of aliphatic hydroxyl groups excluding tert-OH is 1. The number of nitrogens with zero attached hydrogens (tertiary/aromatic N) is 2. The summed E-state index contributed by atoms with van der Waals surface area (Å²) in [6.07, 6.45) is 0. The number of rotatable bonds is 7. The summed E-state index contributed by atoms with van der Waals surface area (Å²) in [6.45, 7) is 4.74. The molecular weight excluding hydrogens is 230 g/mol. The summed E-state index contributed by atoms with van der Waals surface area (Å²) in [5.74, 6) is -0.430. The topological polar surface area (TPSA) is 97.3 Å². The number of aliphatic hydroxyl groups is 1. The first-order valence-corrected chi connectivity index (χ1v) is 5.13. The van der Waals surface area contributed by atoms with Crippen LogP contribution in [0, 0.1) is 10.6 Å². The Morgan fingerprint density at radius 3 is 2.53 bits per heavy atom. The number of ether oxygens (including phenoxy) is 1. The Kier molecular flexibility index (Phi) is 7.19. The second-order valence-electron chi connectivity index (χ2n) is 4.41. The Labute approximate surface area is 101 Å². The second kappa shape index (κ2) is 7.54. The molecule has 0 rings (SSSR count). The van der Waals surface area contributed by atoms with Crippen LogP contribution < -0.4 is 5.59 Å². The third-order valence-electron chi connectivity index (χ3n) is 1.74. The van der Waals surface area contributed by atoms with Crippen LogP contribution in [-0.4, -0.2) is 48.4 Å². The SMILES string of the molecule is CN(CCO)N([O-])NOCOC(=O)C(C)(C)C. The number of carbonyl (C=O) groups excluding carboxylic acids is 1. The molecule has 102 valence electrons. The molecule has 0 heterocycles. The van der Waals surface area contributed by atoms with Crippen LogP contribution in [0.4, 0.5) is 0 Å². The number of hydrogen-bond donors (Lipinski definition) is 2. The van der Waals surface area contributed by atoms with Crippen LogP contribution in [-0.2, 0) is 14.4 Å². The maximum Gasteiger partial charge on any atom is 0.313 e. The molecular formula is C9H20N3O5-. The number of nitrogens with one attached hydrogen (secondary N) is 1. The van der Waals surface area contributed by atoms with Gasteiger partial charge in [-0.25, -0.2) is 15.1 Å². The third-order valence-corrected chi connectivity index (χ3v) is 1.74. The molecule has 0 aliphatic carbocycles. The average Bonchev–Trinajstić information content (AvgIpc) is 2.22. The average molecular weight is 250 g/mol. The van der Waals surface area contributed by atoms with Gasteiger partial charge >= 0.3 is 5.97 Å². The van der Waals surface area contributed by atoms with E-state index in [0.717, 1.165) is 5.01 Å². The van der Waals surface area contributed by atoms with Crippen LogP contribution in [0.15, 0.2) is 0 Å². The van der Waals surface area contributed by atoms with Crippen LogP contribution in [0.3, 0.4) is 0 Å². The van der Waals surface area contributed by atoms with Crippen LogP contribution >= 0.6 is 0 Å². The highest BCUT2D eigenvalue weighted by molar-refractivity contribution is 5.75. The molecule has 0 saturated carbocycles. The van der Waals surface area contributed by atoms with E-state index in [2.05, 4.69) is 4.84 Å². The number of carbonyl (C=O) groups is 1. The quantitative estimate of drug-likeness (QED) is 0.273. The Balaban J connectivity index is 3.68. The van der Waals surface area contributed by atoms with Crippen molar-refractivity contribution < 1.29 is 19.5 Å². The van der Waals surface area contributed by atoms with Crippen LogP contribution in [0.25, 0.3) is 0 Å². The maximum absolute atomic E-state index is 11.3. The monoisotopic (exact) mass is 250 g/mol. The molecule has 0 radical (unpaired) electrons. The van der Waals surface area contributed by atoms with Crippen LogP contribution in [0.1, 0.15) is 20.8 Å². The molecule has 0 spiro atoms. The predicted molar refractivity (Wildman–Crippen MR) is 59.6 cm³/mol.